The molecular weight excluding hydrogens is 322 g/mol. The number of nitrogens with one attached hydrogen (secondary N) is 1. The fourth-order valence-electron chi connectivity index (χ4n) is 2.94. The van der Waals surface area contributed by atoms with Crippen LogP contribution in [0.25, 0.3) is 10.2 Å². The van der Waals surface area contributed by atoms with Crippen LogP contribution in [0, 0.1) is 5.92 Å². The average Bonchev–Trinajstić information content (AvgIpc) is 2.96. The van der Waals surface area contributed by atoms with Gasteiger partial charge >= 0.3 is 6.09 Å². The minimum atomic E-state index is -0.455. The number of aromatic nitrogens is 1. The number of carbonyl (C=O) groups is 1. The zero-order valence-corrected chi connectivity index (χ0v) is 15.4. The van der Waals surface area contributed by atoms with E-state index in [1.165, 1.54) is 4.70 Å². The molecule has 1 atom stereocenters. The van der Waals surface area contributed by atoms with Gasteiger partial charge < -0.3 is 15.0 Å². The molecule has 2 aromatic rings. The lowest BCUT2D eigenvalue weighted by Gasteiger charge is -2.32. The highest BCUT2D eigenvalue weighted by molar-refractivity contribution is 7.22. The number of benzene rings is 1. The van der Waals surface area contributed by atoms with Crippen LogP contribution >= 0.6 is 11.3 Å². The van der Waals surface area contributed by atoms with E-state index in [2.05, 4.69) is 22.3 Å². The van der Waals surface area contributed by atoms with E-state index in [4.69, 9.17) is 9.72 Å². The summed E-state index contributed by atoms with van der Waals surface area (Å²) in [4.78, 5) is 18.9. The molecule has 130 valence electrons. The number of alkyl carbamates (subject to hydrolysis) is 1. The van der Waals surface area contributed by atoms with Gasteiger partial charge in [0.2, 0.25) is 0 Å². The second-order valence-electron chi connectivity index (χ2n) is 7.30. The van der Waals surface area contributed by atoms with Crippen LogP contribution in [0.1, 0.15) is 33.6 Å². The lowest BCUT2D eigenvalue weighted by Crippen LogP contribution is -2.42. The Hall–Kier alpha value is -1.82. The molecule has 1 N–H and O–H groups in total. The predicted octanol–water partition coefficient (Wildman–Crippen LogP) is 4.04. The summed E-state index contributed by atoms with van der Waals surface area (Å²) in [6.45, 7) is 8.24. The number of hydrogen-bond donors (Lipinski definition) is 1. The molecule has 2 heterocycles. The maximum Gasteiger partial charge on any atom is 0.407 e. The highest BCUT2D eigenvalue weighted by Gasteiger charge is 2.24. The first-order valence-corrected chi connectivity index (χ1v) is 9.30. The van der Waals surface area contributed by atoms with Gasteiger partial charge in [0, 0.05) is 19.6 Å². The summed E-state index contributed by atoms with van der Waals surface area (Å²) >= 11 is 1.74. The van der Waals surface area contributed by atoms with Crippen LogP contribution in [0.4, 0.5) is 9.93 Å². The summed E-state index contributed by atoms with van der Waals surface area (Å²) in [5, 5.41) is 3.98. The van der Waals surface area contributed by atoms with E-state index in [9.17, 15) is 4.79 Å². The number of hydrogen-bond acceptors (Lipinski definition) is 5. The lowest BCUT2D eigenvalue weighted by molar-refractivity contribution is 0.0517. The van der Waals surface area contributed by atoms with Crippen LogP contribution in [-0.4, -0.2) is 36.3 Å². The highest BCUT2D eigenvalue weighted by Crippen LogP contribution is 2.31. The second kappa shape index (κ2) is 6.97. The summed E-state index contributed by atoms with van der Waals surface area (Å²) < 4.78 is 6.53. The van der Waals surface area contributed by atoms with E-state index in [1.54, 1.807) is 11.3 Å². The number of fused-ring (bicyclic) bond motifs is 1. The quantitative estimate of drug-likeness (QED) is 0.910. The summed E-state index contributed by atoms with van der Waals surface area (Å²) in [7, 11) is 0. The lowest BCUT2D eigenvalue weighted by atomic mass is 9.98. The monoisotopic (exact) mass is 347 g/mol. The van der Waals surface area contributed by atoms with Crippen molar-refractivity contribution < 1.29 is 9.53 Å². The van der Waals surface area contributed by atoms with E-state index >= 15 is 0 Å². The maximum absolute atomic E-state index is 11.8. The molecule has 1 amide bonds. The second-order valence-corrected chi connectivity index (χ2v) is 8.31. The van der Waals surface area contributed by atoms with E-state index in [0.29, 0.717) is 12.5 Å². The van der Waals surface area contributed by atoms with Crippen LogP contribution in [0.15, 0.2) is 24.3 Å². The van der Waals surface area contributed by atoms with Gasteiger partial charge in [-0.05, 0) is 51.7 Å². The van der Waals surface area contributed by atoms with Gasteiger partial charge in [-0.25, -0.2) is 9.78 Å². The third kappa shape index (κ3) is 4.38. The molecule has 1 aromatic carbocycles. The van der Waals surface area contributed by atoms with Crippen molar-refractivity contribution in [3.8, 4) is 0 Å². The Bertz CT molecular complexity index is 675. The summed E-state index contributed by atoms with van der Waals surface area (Å²) in [5.74, 6) is 0.429. The van der Waals surface area contributed by atoms with Crippen LogP contribution in [0.2, 0.25) is 0 Å². The first-order valence-electron chi connectivity index (χ1n) is 8.48. The van der Waals surface area contributed by atoms with Gasteiger partial charge in [0.25, 0.3) is 0 Å². The molecule has 1 unspecified atom stereocenters. The molecule has 1 aliphatic heterocycles. The van der Waals surface area contributed by atoms with Gasteiger partial charge in [-0.2, -0.15) is 0 Å². The molecule has 0 saturated carbocycles. The Morgan fingerprint density at radius 3 is 2.96 bits per heavy atom. The maximum atomic E-state index is 11.8. The number of amides is 1. The molecule has 1 fully saturated rings. The Labute approximate surface area is 147 Å². The summed E-state index contributed by atoms with van der Waals surface area (Å²) in [6, 6.07) is 8.24. The van der Waals surface area contributed by atoms with Crippen molar-refractivity contribution in [3.63, 3.8) is 0 Å². The topological polar surface area (TPSA) is 54.5 Å². The third-order valence-corrected chi connectivity index (χ3v) is 5.10. The van der Waals surface area contributed by atoms with Crippen molar-refractivity contribution in [1.82, 2.24) is 10.3 Å². The molecule has 3 rings (SSSR count). The van der Waals surface area contributed by atoms with Crippen LogP contribution in [0.5, 0.6) is 0 Å². The minimum absolute atomic E-state index is 0.334. The highest BCUT2D eigenvalue weighted by atomic mass is 32.1. The van der Waals surface area contributed by atoms with Crippen LogP contribution in [0.3, 0.4) is 0 Å². The predicted molar refractivity (Wildman–Crippen MR) is 98.8 cm³/mol. The Morgan fingerprint density at radius 1 is 1.42 bits per heavy atom. The van der Waals surface area contributed by atoms with E-state index in [1.807, 2.05) is 32.9 Å². The largest absolute Gasteiger partial charge is 0.444 e. The SMILES string of the molecule is CC(C)(C)OC(=O)NCC1CCCN(c2nc3ccccc3s2)C1. The van der Waals surface area contributed by atoms with E-state index < -0.39 is 5.60 Å². The Balaban J connectivity index is 1.57. The molecule has 1 aliphatic rings. The fraction of sp³-hybridized carbons (Fsp3) is 0.556. The summed E-state index contributed by atoms with van der Waals surface area (Å²) in [6.07, 6.45) is 1.91. The van der Waals surface area contributed by atoms with Gasteiger partial charge in [0.05, 0.1) is 10.2 Å². The average molecular weight is 347 g/mol. The van der Waals surface area contributed by atoms with Crippen molar-refractivity contribution >= 4 is 32.8 Å². The molecule has 0 bridgehead atoms. The van der Waals surface area contributed by atoms with Crippen molar-refractivity contribution in [1.29, 1.82) is 0 Å². The number of rotatable bonds is 3. The van der Waals surface area contributed by atoms with Gasteiger partial charge in [-0.1, -0.05) is 23.5 Å². The number of thiazole rings is 1. The molecule has 0 aliphatic carbocycles. The molecule has 1 saturated heterocycles. The van der Waals surface area contributed by atoms with Gasteiger partial charge in [0.1, 0.15) is 5.60 Å². The minimum Gasteiger partial charge on any atom is -0.444 e. The molecule has 5 nitrogen and oxygen atoms in total. The molecule has 0 spiro atoms. The third-order valence-electron chi connectivity index (χ3n) is 4.01. The number of para-hydroxylation sites is 1. The molecule has 0 radical (unpaired) electrons. The Kier molecular flexibility index (Phi) is 4.94. The van der Waals surface area contributed by atoms with E-state index in [-0.39, 0.29) is 6.09 Å². The van der Waals surface area contributed by atoms with Crippen molar-refractivity contribution in [2.75, 3.05) is 24.5 Å². The zero-order chi connectivity index (χ0) is 17.2. The van der Waals surface area contributed by atoms with E-state index in [0.717, 1.165) is 36.6 Å². The van der Waals surface area contributed by atoms with Crippen LogP contribution in [-0.2, 0) is 4.74 Å². The molecule has 6 heteroatoms. The van der Waals surface area contributed by atoms with Crippen molar-refractivity contribution in [3.05, 3.63) is 24.3 Å². The van der Waals surface area contributed by atoms with Crippen molar-refractivity contribution in [2.45, 2.75) is 39.2 Å². The number of piperidine rings is 1. The number of ether oxygens (including phenoxy) is 1. The normalized spacial score (nSPS) is 18.6. The van der Waals surface area contributed by atoms with Crippen molar-refractivity contribution in [2.24, 2.45) is 5.92 Å². The van der Waals surface area contributed by atoms with Gasteiger partial charge in [0.15, 0.2) is 5.13 Å². The smallest absolute Gasteiger partial charge is 0.407 e. The Morgan fingerprint density at radius 2 is 2.21 bits per heavy atom. The first-order chi connectivity index (χ1) is 11.4. The van der Waals surface area contributed by atoms with Gasteiger partial charge in [-0.15, -0.1) is 0 Å². The molecule has 24 heavy (non-hydrogen) atoms. The number of carbonyl (C=O) groups excluding carboxylic acids is 1. The standard InChI is InChI=1S/C18H25N3O2S/c1-18(2,3)23-17(22)19-11-13-7-6-10-21(12-13)16-20-14-8-4-5-9-15(14)24-16/h4-5,8-9,13H,6-7,10-12H2,1-3H3,(H,19,22). The number of nitrogens with zero attached hydrogens (tertiary/aromatic N) is 2. The first kappa shape index (κ1) is 17.0. The molecular formula is C18H25N3O2S. The summed E-state index contributed by atoms with van der Waals surface area (Å²) in [5.41, 5.74) is 0.607. The van der Waals surface area contributed by atoms with Crippen LogP contribution < -0.4 is 10.2 Å². The number of anilines is 1. The fourth-order valence-corrected chi connectivity index (χ4v) is 3.94. The molecule has 1 aromatic heterocycles. The van der Waals surface area contributed by atoms with Gasteiger partial charge in [-0.3, -0.25) is 0 Å². The zero-order valence-electron chi connectivity index (χ0n) is 14.5.